The van der Waals surface area contributed by atoms with Crippen molar-refractivity contribution in [3.63, 3.8) is 0 Å². The standard InChI is InChI=1S/C27H37N3/c1-3-4-6-13-27(25-14-15-26(22-28)23(2)21-25)30-19-17-29(18-20-30)16-9-12-24-10-7-5-8-11-24/h5,7-8,10-11,14-15,21,27H,3-4,6,9,12-13,16-20H2,1-2H3. The van der Waals surface area contributed by atoms with Crippen molar-refractivity contribution in [2.75, 3.05) is 32.7 Å². The van der Waals surface area contributed by atoms with Gasteiger partial charge in [0.2, 0.25) is 0 Å². The molecule has 1 unspecified atom stereocenters. The largest absolute Gasteiger partial charge is 0.301 e. The van der Waals surface area contributed by atoms with E-state index in [1.165, 1.54) is 56.2 Å². The molecule has 0 aliphatic carbocycles. The van der Waals surface area contributed by atoms with Gasteiger partial charge in [-0.3, -0.25) is 4.90 Å². The average Bonchev–Trinajstić information content (AvgIpc) is 2.78. The second-order valence-electron chi connectivity index (χ2n) is 8.66. The smallest absolute Gasteiger partial charge is 0.0994 e. The van der Waals surface area contributed by atoms with E-state index in [0.29, 0.717) is 6.04 Å². The summed E-state index contributed by atoms with van der Waals surface area (Å²) in [4.78, 5) is 5.32. The number of nitriles is 1. The number of rotatable bonds is 10. The van der Waals surface area contributed by atoms with Gasteiger partial charge in [0.1, 0.15) is 0 Å². The van der Waals surface area contributed by atoms with Crippen molar-refractivity contribution in [1.29, 1.82) is 5.26 Å². The molecule has 1 aliphatic heterocycles. The van der Waals surface area contributed by atoms with Crippen molar-refractivity contribution < 1.29 is 0 Å². The van der Waals surface area contributed by atoms with Gasteiger partial charge >= 0.3 is 0 Å². The van der Waals surface area contributed by atoms with Gasteiger partial charge in [0.05, 0.1) is 11.6 Å². The Morgan fingerprint density at radius 3 is 2.40 bits per heavy atom. The molecule has 1 fully saturated rings. The highest BCUT2D eigenvalue weighted by atomic mass is 15.3. The lowest BCUT2D eigenvalue weighted by Gasteiger charge is -2.40. The van der Waals surface area contributed by atoms with Gasteiger partial charge in [-0.15, -0.1) is 0 Å². The highest BCUT2D eigenvalue weighted by Crippen LogP contribution is 2.29. The molecule has 3 heteroatoms. The Morgan fingerprint density at radius 1 is 0.967 bits per heavy atom. The maximum absolute atomic E-state index is 9.28. The summed E-state index contributed by atoms with van der Waals surface area (Å²) in [6.45, 7) is 10.1. The molecule has 3 rings (SSSR count). The Hall–Kier alpha value is -2.15. The fraction of sp³-hybridized carbons (Fsp3) is 0.519. The number of hydrogen-bond acceptors (Lipinski definition) is 3. The van der Waals surface area contributed by atoms with Crippen LogP contribution in [0.1, 0.15) is 67.3 Å². The molecule has 0 spiro atoms. The summed E-state index contributed by atoms with van der Waals surface area (Å²) < 4.78 is 0. The lowest BCUT2D eigenvalue weighted by Crippen LogP contribution is -2.47. The zero-order chi connectivity index (χ0) is 21.2. The van der Waals surface area contributed by atoms with Crippen molar-refractivity contribution in [1.82, 2.24) is 9.80 Å². The number of nitrogens with zero attached hydrogens (tertiary/aromatic N) is 3. The summed E-state index contributed by atoms with van der Waals surface area (Å²) in [5, 5.41) is 9.28. The van der Waals surface area contributed by atoms with Crippen LogP contribution in [0.25, 0.3) is 0 Å². The van der Waals surface area contributed by atoms with Crippen LogP contribution >= 0.6 is 0 Å². The quantitative estimate of drug-likeness (QED) is 0.474. The third-order valence-electron chi connectivity index (χ3n) is 6.47. The van der Waals surface area contributed by atoms with Gasteiger partial charge in [0.15, 0.2) is 0 Å². The summed E-state index contributed by atoms with van der Waals surface area (Å²) in [7, 11) is 0. The summed E-state index contributed by atoms with van der Waals surface area (Å²) >= 11 is 0. The Kier molecular flexibility index (Phi) is 8.93. The normalized spacial score (nSPS) is 16.3. The van der Waals surface area contributed by atoms with Crippen molar-refractivity contribution >= 4 is 0 Å². The molecule has 0 saturated carbocycles. The number of unbranched alkanes of at least 4 members (excludes halogenated alkanes) is 2. The van der Waals surface area contributed by atoms with E-state index < -0.39 is 0 Å². The van der Waals surface area contributed by atoms with Gasteiger partial charge < -0.3 is 4.90 Å². The van der Waals surface area contributed by atoms with E-state index >= 15 is 0 Å². The van der Waals surface area contributed by atoms with Gasteiger partial charge in [-0.1, -0.05) is 68.7 Å². The molecule has 0 bridgehead atoms. The Morgan fingerprint density at radius 2 is 1.73 bits per heavy atom. The van der Waals surface area contributed by atoms with E-state index in [9.17, 15) is 5.26 Å². The van der Waals surface area contributed by atoms with Crippen LogP contribution in [0, 0.1) is 18.3 Å². The van der Waals surface area contributed by atoms with Crippen LogP contribution < -0.4 is 0 Å². The maximum Gasteiger partial charge on any atom is 0.0994 e. The monoisotopic (exact) mass is 403 g/mol. The highest BCUT2D eigenvalue weighted by Gasteiger charge is 2.25. The number of benzene rings is 2. The van der Waals surface area contributed by atoms with Crippen molar-refractivity contribution in [2.24, 2.45) is 0 Å². The van der Waals surface area contributed by atoms with Crippen molar-refractivity contribution in [3.8, 4) is 6.07 Å². The molecular formula is C27H37N3. The molecule has 2 aromatic carbocycles. The second-order valence-corrected chi connectivity index (χ2v) is 8.66. The molecule has 1 saturated heterocycles. The number of hydrogen-bond donors (Lipinski definition) is 0. The first kappa shape index (κ1) is 22.5. The van der Waals surface area contributed by atoms with Crippen LogP contribution in [0.3, 0.4) is 0 Å². The Balaban J connectivity index is 1.55. The van der Waals surface area contributed by atoms with E-state index in [0.717, 1.165) is 37.3 Å². The molecule has 0 radical (unpaired) electrons. The minimum atomic E-state index is 0.481. The molecule has 1 heterocycles. The van der Waals surface area contributed by atoms with E-state index in [-0.39, 0.29) is 0 Å². The fourth-order valence-corrected chi connectivity index (χ4v) is 4.62. The van der Waals surface area contributed by atoms with E-state index in [2.05, 4.69) is 72.2 Å². The Bertz CT molecular complexity index is 801. The van der Waals surface area contributed by atoms with E-state index in [1.54, 1.807) is 0 Å². The predicted molar refractivity (Wildman–Crippen MR) is 126 cm³/mol. The first-order chi connectivity index (χ1) is 14.7. The topological polar surface area (TPSA) is 30.3 Å². The van der Waals surface area contributed by atoms with Gasteiger partial charge in [-0.25, -0.2) is 0 Å². The molecular weight excluding hydrogens is 366 g/mol. The molecule has 0 aromatic heterocycles. The first-order valence-electron chi connectivity index (χ1n) is 11.7. The third-order valence-corrected chi connectivity index (χ3v) is 6.47. The lowest BCUT2D eigenvalue weighted by atomic mass is 9.95. The third kappa shape index (κ3) is 6.42. The van der Waals surface area contributed by atoms with E-state index in [4.69, 9.17) is 0 Å². The minimum Gasteiger partial charge on any atom is -0.301 e. The van der Waals surface area contributed by atoms with Crippen LogP contribution in [0.5, 0.6) is 0 Å². The first-order valence-corrected chi connectivity index (χ1v) is 11.7. The van der Waals surface area contributed by atoms with Crippen LogP contribution in [0.4, 0.5) is 0 Å². The summed E-state index contributed by atoms with van der Waals surface area (Å²) in [6, 6.07) is 20.1. The molecule has 1 atom stereocenters. The number of piperazine rings is 1. The van der Waals surface area contributed by atoms with Crippen LogP contribution in [-0.2, 0) is 6.42 Å². The molecule has 3 nitrogen and oxygen atoms in total. The zero-order valence-electron chi connectivity index (χ0n) is 18.8. The van der Waals surface area contributed by atoms with Gasteiger partial charge in [0.25, 0.3) is 0 Å². The summed E-state index contributed by atoms with van der Waals surface area (Å²) in [5.41, 5.74) is 4.74. The van der Waals surface area contributed by atoms with Crippen LogP contribution in [-0.4, -0.2) is 42.5 Å². The van der Waals surface area contributed by atoms with Crippen molar-refractivity contribution in [3.05, 3.63) is 70.8 Å². The molecule has 0 amide bonds. The van der Waals surface area contributed by atoms with Crippen molar-refractivity contribution in [2.45, 2.75) is 58.4 Å². The zero-order valence-corrected chi connectivity index (χ0v) is 18.8. The maximum atomic E-state index is 9.28. The average molecular weight is 404 g/mol. The SMILES string of the molecule is CCCCCC(c1ccc(C#N)c(C)c1)N1CCN(CCCc2ccccc2)CC1. The summed E-state index contributed by atoms with van der Waals surface area (Å²) in [6.07, 6.45) is 7.45. The lowest BCUT2D eigenvalue weighted by molar-refractivity contribution is 0.0899. The molecule has 30 heavy (non-hydrogen) atoms. The van der Waals surface area contributed by atoms with Gasteiger partial charge in [-0.2, -0.15) is 5.26 Å². The molecule has 160 valence electrons. The summed E-state index contributed by atoms with van der Waals surface area (Å²) in [5.74, 6) is 0. The van der Waals surface area contributed by atoms with E-state index in [1.807, 2.05) is 6.07 Å². The fourth-order valence-electron chi connectivity index (χ4n) is 4.62. The van der Waals surface area contributed by atoms with Gasteiger partial charge in [-0.05, 0) is 55.5 Å². The van der Waals surface area contributed by atoms with Crippen LogP contribution in [0.15, 0.2) is 48.5 Å². The molecule has 2 aromatic rings. The minimum absolute atomic E-state index is 0.481. The highest BCUT2D eigenvalue weighted by molar-refractivity contribution is 5.40. The Labute approximate surface area is 183 Å². The number of aryl methyl sites for hydroxylation is 2. The predicted octanol–water partition coefficient (Wildman–Crippen LogP) is 5.74. The molecule has 1 aliphatic rings. The van der Waals surface area contributed by atoms with Crippen LogP contribution in [0.2, 0.25) is 0 Å². The molecule has 0 N–H and O–H groups in total. The second kappa shape index (κ2) is 11.9. The van der Waals surface area contributed by atoms with Gasteiger partial charge in [0, 0.05) is 32.2 Å².